The van der Waals surface area contributed by atoms with Crippen LogP contribution in [0.2, 0.25) is 0 Å². The minimum atomic E-state index is -0.836. The van der Waals surface area contributed by atoms with Gasteiger partial charge in [0, 0.05) is 6.54 Å². The van der Waals surface area contributed by atoms with Crippen LogP contribution in [0.4, 0.5) is 0 Å². The molecule has 0 unspecified atom stereocenters. The molecule has 0 fully saturated rings. The number of aliphatic carboxylic acids is 1. The Bertz CT molecular complexity index is 112. The lowest BCUT2D eigenvalue weighted by molar-refractivity contribution is -0.136. The van der Waals surface area contributed by atoms with Crippen LogP contribution in [0, 0.1) is 0 Å². The molecule has 0 aromatic heterocycles. The third-order valence-electron chi connectivity index (χ3n) is 0.761. The van der Waals surface area contributed by atoms with Gasteiger partial charge in [0.15, 0.2) is 0 Å². The van der Waals surface area contributed by atoms with Crippen molar-refractivity contribution in [1.82, 2.24) is 0 Å². The summed E-state index contributed by atoms with van der Waals surface area (Å²) >= 11 is 0. The maximum Gasteiger partial charge on any atom is 0.304 e. The average molecular weight is 260 g/mol. The van der Waals surface area contributed by atoms with Crippen LogP contribution in [-0.4, -0.2) is 58.6 Å². The molecule has 0 spiro atoms. The summed E-state index contributed by atoms with van der Waals surface area (Å²) in [5, 5.41) is 7.83. The molecule has 0 amide bonds. The van der Waals surface area contributed by atoms with E-state index in [0.29, 0.717) is 0 Å². The standard InChI is InChI=1S/C3H7NO2.H10O3Si4/c4-2-1-3(5)6;4-1-6-3-7-2-5/h1-2,4H2,(H,5,6);6-7H2,4-5H3. The number of hydrogen-bond donors (Lipinski definition) is 2. The van der Waals surface area contributed by atoms with E-state index in [4.69, 9.17) is 23.2 Å². The lowest BCUT2D eigenvalue weighted by atomic mass is 10.5. The fourth-order valence-electron chi connectivity index (χ4n) is 0.324. The zero-order chi connectivity index (χ0) is 10.5. The van der Waals surface area contributed by atoms with Gasteiger partial charge in [0.2, 0.25) is 0 Å². The molecular formula is C3H17NO5Si4. The van der Waals surface area contributed by atoms with E-state index in [2.05, 4.69) is 0 Å². The summed E-state index contributed by atoms with van der Waals surface area (Å²) in [6, 6.07) is 0. The second-order valence-corrected chi connectivity index (χ2v) is 8.67. The summed E-state index contributed by atoms with van der Waals surface area (Å²) in [4.78, 5) is 9.52. The van der Waals surface area contributed by atoms with E-state index in [-0.39, 0.29) is 13.0 Å². The van der Waals surface area contributed by atoms with E-state index in [1.54, 1.807) is 0 Å². The van der Waals surface area contributed by atoms with E-state index in [1.807, 2.05) is 0 Å². The van der Waals surface area contributed by atoms with Crippen LogP contribution in [0.1, 0.15) is 6.42 Å². The third-order valence-corrected chi connectivity index (χ3v) is 3.98. The van der Waals surface area contributed by atoms with E-state index in [1.165, 1.54) is 0 Å². The Morgan fingerprint density at radius 3 is 2.00 bits per heavy atom. The highest BCUT2D eigenvalue weighted by Gasteiger charge is 1.87. The van der Waals surface area contributed by atoms with Gasteiger partial charge in [0.25, 0.3) is 20.0 Å². The summed E-state index contributed by atoms with van der Waals surface area (Å²) < 4.78 is 14.8. The average Bonchev–Trinajstić information content (AvgIpc) is 2.06. The third kappa shape index (κ3) is 24.5. The Labute approximate surface area is 88.3 Å². The molecule has 6 nitrogen and oxygen atoms in total. The number of carboxylic acids is 1. The Kier molecular flexibility index (Phi) is 17.7. The fraction of sp³-hybridized carbons (Fsp3) is 0.667. The first-order valence-electron chi connectivity index (χ1n) is 3.66. The van der Waals surface area contributed by atoms with Crippen molar-refractivity contribution in [3.63, 3.8) is 0 Å². The zero-order valence-corrected chi connectivity index (χ0v) is 14.8. The van der Waals surface area contributed by atoms with Crippen molar-refractivity contribution < 1.29 is 22.2 Å². The van der Waals surface area contributed by atoms with Crippen molar-refractivity contribution in [2.75, 3.05) is 6.54 Å². The monoisotopic (exact) mass is 259 g/mol. The van der Waals surface area contributed by atoms with Gasteiger partial charge >= 0.3 is 5.97 Å². The predicted molar refractivity (Wildman–Crippen MR) is 61.5 cm³/mol. The van der Waals surface area contributed by atoms with E-state index < -0.39 is 26.0 Å². The van der Waals surface area contributed by atoms with Crippen molar-refractivity contribution in [3.05, 3.63) is 0 Å². The van der Waals surface area contributed by atoms with Crippen molar-refractivity contribution in [1.29, 1.82) is 0 Å². The van der Waals surface area contributed by atoms with Gasteiger partial charge in [0.1, 0.15) is 21.0 Å². The first-order valence-corrected chi connectivity index (χ1v) is 7.60. The summed E-state index contributed by atoms with van der Waals surface area (Å²) in [5.41, 5.74) is 4.85. The maximum atomic E-state index is 9.52. The van der Waals surface area contributed by atoms with Crippen LogP contribution in [0.5, 0.6) is 0 Å². The van der Waals surface area contributed by atoms with Crippen LogP contribution < -0.4 is 5.73 Å². The number of rotatable bonds is 6. The molecule has 3 N–H and O–H groups in total. The molecule has 0 aliphatic rings. The maximum absolute atomic E-state index is 9.52. The summed E-state index contributed by atoms with van der Waals surface area (Å²) in [6.07, 6.45) is 0.0694. The number of carbonyl (C=O) groups is 1. The van der Waals surface area contributed by atoms with E-state index >= 15 is 0 Å². The lowest BCUT2D eigenvalue weighted by Crippen LogP contribution is -2.08. The van der Waals surface area contributed by atoms with Gasteiger partial charge in [-0.05, 0) is 0 Å². The minimum Gasteiger partial charge on any atom is -0.481 e. The number of hydrogen-bond acceptors (Lipinski definition) is 5. The molecule has 10 heteroatoms. The highest BCUT2D eigenvalue weighted by molar-refractivity contribution is 6.40. The molecule has 0 aromatic carbocycles. The SMILES string of the molecule is NCCC(=O)O.[SiH3]O[SiH2]O[SiH2]O[SiH3]. The summed E-state index contributed by atoms with van der Waals surface area (Å²) in [7, 11) is 0.504. The van der Waals surface area contributed by atoms with Crippen molar-refractivity contribution in [2.24, 2.45) is 5.73 Å². The molecule has 0 heterocycles. The number of carboxylic acid groups (broad SMARTS) is 1. The quantitative estimate of drug-likeness (QED) is 0.367. The van der Waals surface area contributed by atoms with Gasteiger partial charge in [0.05, 0.1) is 6.42 Å². The Balaban J connectivity index is 0. The first kappa shape index (κ1) is 15.6. The van der Waals surface area contributed by atoms with Crippen LogP contribution in [0.25, 0.3) is 0 Å². The van der Waals surface area contributed by atoms with Crippen molar-refractivity contribution in [3.8, 4) is 0 Å². The number of nitrogens with two attached hydrogens (primary N) is 1. The molecule has 0 rings (SSSR count). The molecule has 0 saturated heterocycles. The fourth-order valence-corrected chi connectivity index (χ4v) is 4.93. The molecule has 0 radical (unpaired) electrons. The Morgan fingerprint density at radius 1 is 1.38 bits per heavy atom. The van der Waals surface area contributed by atoms with Crippen LogP contribution in [-0.2, 0) is 17.1 Å². The highest BCUT2D eigenvalue weighted by atomic mass is 28.4. The molecule has 13 heavy (non-hydrogen) atoms. The second-order valence-electron chi connectivity index (χ2n) is 1.95. The van der Waals surface area contributed by atoms with Gasteiger partial charge in [-0.25, -0.2) is 0 Å². The summed E-state index contributed by atoms with van der Waals surface area (Å²) in [6.45, 7) is 0.231. The van der Waals surface area contributed by atoms with Gasteiger partial charge < -0.3 is 23.2 Å². The highest BCUT2D eigenvalue weighted by Crippen LogP contribution is 1.67. The van der Waals surface area contributed by atoms with Crippen molar-refractivity contribution >= 4 is 47.0 Å². The van der Waals surface area contributed by atoms with Gasteiger partial charge in [-0.3, -0.25) is 4.79 Å². The second kappa shape index (κ2) is 14.7. The zero-order valence-electron chi connectivity index (χ0n) is 7.99. The molecular weight excluding hydrogens is 242 g/mol. The first-order chi connectivity index (χ1) is 6.18. The molecule has 0 aromatic rings. The molecule has 80 valence electrons. The minimum absolute atomic E-state index is 0.0694. The molecule has 0 saturated carbocycles. The lowest BCUT2D eigenvalue weighted by Gasteiger charge is -1.97. The predicted octanol–water partition coefficient (Wildman–Crippen LogP) is -4.99. The smallest absolute Gasteiger partial charge is 0.304 e. The molecule has 0 bridgehead atoms. The topological polar surface area (TPSA) is 91.0 Å². The van der Waals surface area contributed by atoms with Gasteiger partial charge in [-0.2, -0.15) is 0 Å². The normalized spacial score (nSPS) is 11.2. The van der Waals surface area contributed by atoms with Crippen LogP contribution >= 0.6 is 0 Å². The van der Waals surface area contributed by atoms with Gasteiger partial charge in [-0.1, -0.05) is 0 Å². The van der Waals surface area contributed by atoms with Gasteiger partial charge in [-0.15, -0.1) is 0 Å². The molecule has 0 aliphatic carbocycles. The van der Waals surface area contributed by atoms with Crippen molar-refractivity contribution in [2.45, 2.75) is 6.42 Å². The van der Waals surface area contributed by atoms with E-state index in [0.717, 1.165) is 21.0 Å². The van der Waals surface area contributed by atoms with Crippen LogP contribution in [0.3, 0.4) is 0 Å². The largest absolute Gasteiger partial charge is 0.481 e. The molecule has 0 aliphatic heterocycles. The Morgan fingerprint density at radius 2 is 1.85 bits per heavy atom. The summed E-state index contributed by atoms with van der Waals surface area (Å²) in [5.74, 6) is -0.836. The van der Waals surface area contributed by atoms with E-state index in [9.17, 15) is 4.79 Å². The molecule has 0 atom stereocenters. The van der Waals surface area contributed by atoms with Crippen LogP contribution in [0.15, 0.2) is 0 Å². The Hall–Kier alpha value is 0.178.